The minimum Gasteiger partial charge on any atom is -0.359 e. The summed E-state index contributed by atoms with van der Waals surface area (Å²) in [4.78, 5) is 14.3. The van der Waals surface area contributed by atoms with Crippen molar-refractivity contribution in [3.63, 3.8) is 0 Å². The molecule has 1 heterocycles. The molecule has 0 bridgehead atoms. The zero-order chi connectivity index (χ0) is 13.3. The Morgan fingerprint density at radius 2 is 1.94 bits per heavy atom. The number of carbonyl (C=O) groups excluding carboxylic acids is 1. The van der Waals surface area contributed by atoms with Crippen LogP contribution in [0.4, 0.5) is 5.69 Å². The lowest BCUT2D eigenvalue weighted by molar-refractivity contribution is -0.112. The normalized spacial score (nSPS) is 11.9. The fourth-order valence-electron chi connectivity index (χ4n) is 2.13. The van der Waals surface area contributed by atoms with Crippen LogP contribution in [0.15, 0.2) is 30.0 Å². The van der Waals surface area contributed by atoms with Crippen molar-refractivity contribution < 1.29 is 4.79 Å². The van der Waals surface area contributed by atoms with Crippen molar-refractivity contribution in [1.82, 2.24) is 4.98 Å². The zero-order valence-corrected chi connectivity index (χ0v) is 11.2. The summed E-state index contributed by atoms with van der Waals surface area (Å²) in [6.45, 7) is 7.55. The second-order valence-electron chi connectivity index (χ2n) is 4.77. The maximum absolute atomic E-state index is 11.0. The maximum atomic E-state index is 11.0. The van der Waals surface area contributed by atoms with Gasteiger partial charge in [0.05, 0.1) is 0 Å². The predicted molar refractivity (Wildman–Crippen MR) is 75.8 cm³/mol. The van der Waals surface area contributed by atoms with Crippen molar-refractivity contribution in [3.05, 3.63) is 41.2 Å². The first-order valence-electron chi connectivity index (χ1n) is 6.01. The average Bonchev–Trinajstić information content (AvgIpc) is 2.56. The Morgan fingerprint density at radius 1 is 1.22 bits per heavy atom. The Kier molecular flexibility index (Phi) is 3.24. The second kappa shape index (κ2) is 4.69. The Labute approximate surface area is 107 Å². The van der Waals surface area contributed by atoms with Gasteiger partial charge in [0, 0.05) is 28.0 Å². The number of aryl methyl sites for hydroxylation is 2. The first kappa shape index (κ1) is 12.4. The smallest absolute Gasteiger partial charge is 0.154 e. The molecule has 0 aliphatic carbocycles. The van der Waals surface area contributed by atoms with Gasteiger partial charge in [0.2, 0.25) is 0 Å². The Hall–Kier alpha value is -2.03. The molecule has 3 heteroatoms. The molecule has 0 amide bonds. The number of aromatic amines is 1. The Morgan fingerprint density at radius 3 is 2.61 bits per heavy atom. The van der Waals surface area contributed by atoms with E-state index in [1.54, 1.807) is 13.0 Å². The number of nitrogens with one attached hydrogen (secondary N) is 2. The number of allylic oxidation sites excluding steroid dienone is 2. The number of aromatic nitrogens is 1. The summed E-state index contributed by atoms with van der Waals surface area (Å²) in [5, 5.41) is 4.47. The lowest BCUT2D eigenvalue weighted by atomic mass is 10.1. The summed E-state index contributed by atoms with van der Waals surface area (Å²) in [6.07, 6.45) is 1.60. The van der Waals surface area contributed by atoms with Gasteiger partial charge in [-0.2, -0.15) is 0 Å². The minimum atomic E-state index is 0.0504. The van der Waals surface area contributed by atoms with Gasteiger partial charge in [0.25, 0.3) is 0 Å². The van der Waals surface area contributed by atoms with Crippen LogP contribution in [-0.4, -0.2) is 10.8 Å². The van der Waals surface area contributed by atoms with E-state index in [1.807, 2.05) is 13.8 Å². The molecule has 0 unspecified atom stereocenters. The number of anilines is 1. The van der Waals surface area contributed by atoms with E-state index in [1.165, 1.54) is 5.39 Å². The van der Waals surface area contributed by atoms with Crippen LogP contribution in [-0.2, 0) is 4.79 Å². The molecule has 0 saturated carbocycles. The molecule has 0 aliphatic rings. The largest absolute Gasteiger partial charge is 0.359 e. The Bertz CT molecular complexity index is 635. The maximum Gasteiger partial charge on any atom is 0.154 e. The molecule has 0 aliphatic heterocycles. The van der Waals surface area contributed by atoms with E-state index < -0.39 is 0 Å². The van der Waals surface area contributed by atoms with E-state index in [0.29, 0.717) is 0 Å². The predicted octanol–water partition coefficient (Wildman–Crippen LogP) is 3.69. The van der Waals surface area contributed by atoms with Gasteiger partial charge in [-0.3, -0.25) is 4.79 Å². The van der Waals surface area contributed by atoms with Gasteiger partial charge < -0.3 is 10.3 Å². The highest BCUT2D eigenvalue weighted by Gasteiger charge is 2.04. The number of benzene rings is 1. The SMILES string of the molecule is CC(=O)/C=C(\C)Nc1cc2[nH]c(C)cc2cc1C. The van der Waals surface area contributed by atoms with Crippen molar-refractivity contribution in [1.29, 1.82) is 0 Å². The van der Waals surface area contributed by atoms with Gasteiger partial charge in [0.15, 0.2) is 5.78 Å². The van der Waals surface area contributed by atoms with E-state index in [0.717, 1.165) is 28.2 Å². The zero-order valence-electron chi connectivity index (χ0n) is 11.2. The van der Waals surface area contributed by atoms with Crippen LogP contribution in [0.5, 0.6) is 0 Å². The molecule has 3 nitrogen and oxygen atoms in total. The third-order valence-corrected chi connectivity index (χ3v) is 2.85. The van der Waals surface area contributed by atoms with Gasteiger partial charge >= 0.3 is 0 Å². The molecule has 94 valence electrons. The van der Waals surface area contributed by atoms with Crippen LogP contribution in [0, 0.1) is 13.8 Å². The van der Waals surface area contributed by atoms with E-state index >= 15 is 0 Å². The molecule has 0 atom stereocenters. The van der Waals surface area contributed by atoms with Gasteiger partial charge in [-0.1, -0.05) is 0 Å². The molecule has 2 N–H and O–H groups in total. The molecular formula is C15H18N2O. The van der Waals surface area contributed by atoms with Crippen molar-refractivity contribution in [2.75, 3.05) is 5.32 Å². The quantitative estimate of drug-likeness (QED) is 0.806. The molecule has 0 radical (unpaired) electrons. The van der Waals surface area contributed by atoms with Crippen molar-refractivity contribution >= 4 is 22.4 Å². The summed E-state index contributed by atoms with van der Waals surface area (Å²) in [6, 6.07) is 6.35. The van der Waals surface area contributed by atoms with Gasteiger partial charge in [-0.05, 0) is 57.5 Å². The highest BCUT2D eigenvalue weighted by atomic mass is 16.1. The second-order valence-corrected chi connectivity index (χ2v) is 4.77. The van der Waals surface area contributed by atoms with Gasteiger partial charge in [-0.15, -0.1) is 0 Å². The van der Waals surface area contributed by atoms with E-state index in [-0.39, 0.29) is 5.78 Å². The van der Waals surface area contributed by atoms with Crippen molar-refractivity contribution in [2.24, 2.45) is 0 Å². The fourth-order valence-corrected chi connectivity index (χ4v) is 2.13. The van der Waals surface area contributed by atoms with E-state index in [9.17, 15) is 4.79 Å². The van der Waals surface area contributed by atoms with Crippen LogP contribution < -0.4 is 5.32 Å². The van der Waals surface area contributed by atoms with Gasteiger partial charge in [-0.25, -0.2) is 0 Å². The summed E-state index contributed by atoms with van der Waals surface area (Å²) in [5.74, 6) is 0.0504. The topological polar surface area (TPSA) is 44.9 Å². The van der Waals surface area contributed by atoms with Gasteiger partial charge in [0.1, 0.15) is 0 Å². The number of ketones is 1. The number of fused-ring (bicyclic) bond motifs is 1. The standard InChI is InChI=1S/C15H18N2O/c1-9-5-13-7-11(3)17-15(13)8-14(9)16-10(2)6-12(4)18/h5-8,16-17H,1-4H3/b10-6+. The minimum absolute atomic E-state index is 0.0504. The van der Waals surface area contributed by atoms with Crippen LogP contribution in [0.3, 0.4) is 0 Å². The molecule has 0 saturated heterocycles. The van der Waals surface area contributed by atoms with Crippen molar-refractivity contribution in [3.8, 4) is 0 Å². The third kappa shape index (κ3) is 2.62. The summed E-state index contributed by atoms with van der Waals surface area (Å²) >= 11 is 0. The molecule has 2 rings (SSSR count). The number of hydrogen-bond acceptors (Lipinski definition) is 2. The lowest BCUT2D eigenvalue weighted by Gasteiger charge is -2.10. The van der Waals surface area contributed by atoms with Crippen LogP contribution in [0.1, 0.15) is 25.1 Å². The van der Waals surface area contributed by atoms with E-state index in [4.69, 9.17) is 0 Å². The average molecular weight is 242 g/mol. The summed E-state index contributed by atoms with van der Waals surface area (Å²) in [7, 11) is 0. The number of H-pyrrole nitrogens is 1. The van der Waals surface area contributed by atoms with E-state index in [2.05, 4.69) is 35.4 Å². The lowest BCUT2D eigenvalue weighted by Crippen LogP contribution is -2.00. The highest BCUT2D eigenvalue weighted by Crippen LogP contribution is 2.24. The third-order valence-electron chi connectivity index (χ3n) is 2.85. The molecule has 0 fully saturated rings. The highest BCUT2D eigenvalue weighted by molar-refractivity contribution is 5.89. The monoisotopic (exact) mass is 242 g/mol. The van der Waals surface area contributed by atoms with Crippen molar-refractivity contribution in [2.45, 2.75) is 27.7 Å². The van der Waals surface area contributed by atoms with Crippen LogP contribution in [0.2, 0.25) is 0 Å². The molecule has 0 spiro atoms. The fraction of sp³-hybridized carbons (Fsp3) is 0.267. The summed E-state index contributed by atoms with van der Waals surface area (Å²) in [5.41, 5.74) is 5.30. The summed E-state index contributed by atoms with van der Waals surface area (Å²) < 4.78 is 0. The van der Waals surface area contributed by atoms with Crippen LogP contribution in [0.25, 0.3) is 10.9 Å². The molecule has 1 aromatic carbocycles. The Balaban J connectivity index is 2.38. The number of hydrogen-bond donors (Lipinski definition) is 2. The number of carbonyl (C=O) groups is 1. The number of rotatable bonds is 3. The molecule has 2 aromatic rings. The molecular weight excluding hydrogens is 224 g/mol. The van der Waals surface area contributed by atoms with Crippen LogP contribution >= 0.6 is 0 Å². The molecule has 18 heavy (non-hydrogen) atoms. The molecule has 1 aromatic heterocycles. The first-order valence-corrected chi connectivity index (χ1v) is 6.01. The first-order chi connectivity index (χ1) is 8.45.